The average Bonchev–Trinajstić information content (AvgIpc) is 3.00. The molecule has 0 bridgehead atoms. The Balaban J connectivity index is 1.86. The maximum atomic E-state index is 5.89. The summed E-state index contributed by atoms with van der Waals surface area (Å²) in [5.41, 5.74) is 0.815. The van der Waals surface area contributed by atoms with Crippen LogP contribution in [0.3, 0.4) is 0 Å². The van der Waals surface area contributed by atoms with E-state index in [1.54, 1.807) is 10.7 Å². The van der Waals surface area contributed by atoms with Gasteiger partial charge in [0.25, 0.3) is 0 Å². The van der Waals surface area contributed by atoms with Gasteiger partial charge in [-0.05, 0) is 37.8 Å². The molecule has 2 heterocycles. The van der Waals surface area contributed by atoms with E-state index < -0.39 is 0 Å². The summed E-state index contributed by atoms with van der Waals surface area (Å²) >= 11 is 5.89. The first-order chi connectivity index (χ1) is 7.72. The van der Waals surface area contributed by atoms with E-state index in [0.29, 0.717) is 17.0 Å². The van der Waals surface area contributed by atoms with Crippen LogP contribution in [0.1, 0.15) is 19.8 Å². The van der Waals surface area contributed by atoms with Gasteiger partial charge in [0.2, 0.25) is 5.95 Å². The van der Waals surface area contributed by atoms with Crippen molar-refractivity contribution in [1.29, 1.82) is 0 Å². The third-order valence-corrected chi connectivity index (χ3v) is 3.20. The fraction of sp³-hybridized carbons (Fsp3) is 0.455. The van der Waals surface area contributed by atoms with Crippen LogP contribution in [0.15, 0.2) is 18.3 Å². The van der Waals surface area contributed by atoms with E-state index in [0.717, 1.165) is 11.6 Å². The van der Waals surface area contributed by atoms with Gasteiger partial charge in [-0.25, -0.2) is 4.52 Å². The van der Waals surface area contributed by atoms with Crippen LogP contribution in [-0.2, 0) is 0 Å². The van der Waals surface area contributed by atoms with E-state index in [2.05, 4.69) is 22.3 Å². The Morgan fingerprint density at radius 1 is 1.50 bits per heavy atom. The smallest absolute Gasteiger partial charge is 0.243 e. The first kappa shape index (κ1) is 9.90. The molecule has 0 aromatic carbocycles. The molecule has 2 aromatic rings. The highest BCUT2D eigenvalue weighted by Gasteiger charge is 2.28. The maximum absolute atomic E-state index is 5.89. The highest BCUT2D eigenvalue weighted by molar-refractivity contribution is 6.30. The first-order valence-corrected chi connectivity index (χ1v) is 5.88. The minimum atomic E-state index is 0.452. The Labute approximate surface area is 98.6 Å². The quantitative estimate of drug-likeness (QED) is 0.891. The van der Waals surface area contributed by atoms with Gasteiger partial charge in [0.05, 0.1) is 5.02 Å². The van der Waals surface area contributed by atoms with Crippen LogP contribution < -0.4 is 5.32 Å². The van der Waals surface area contributed by atoms with Crippen molar-refractivity contribution in [1.82, 2.24) is 14.6 Å². The van der Waals surface area contributed by atoms with E-state index in [-0.39, 0.29) is 0 Å². The second-order valence-electron chi connectivity index (χ2n) is 4.36. The van der Waals surface area contributed by atoms with Gasteiger partial charge in [-0.15, -0.1) is 5.10 Å². The number of aromatic nitrogens is 3. The van der Waals surface area contributed by atoms with Crippen molar-refractivity contribution in [3.05, 3.63) is 23.4 Å². The molecule has 0 spiro atoms. The van der Waals surface area contributed by atoms with Crippen LogP contribution in [0, 0.1) is 5.92 Å². The molecule has 4 nitrogen and oxygen atoms in total. The second-order valence-corrected chi connectivity index (χ2v) is 4.79. The minimum absolute atomic E-state index is 0.452. The molecule has 0 aliphatic heterocycles. The molecule has 1 unspecified atom stereocenters. The number of halogens is 1. The monoisotopic (exact) mass is 236 g/mol. The zero-order chi connectivity index (χ0) is 11.1. The summed E-state index contributed by atoms with van der Waals surface area (Å²) in [5, 5.41) is 8.33. The van der Waals surface area contributed by atoms with Crippen molar-refractivity contribution < 1.29 is 0 Å². The van der Waals surface area contributed by atoms with Crippen LogP contribution in [0.4, 0.5) is 5.95 Å². The second kappa shape index (κ2) is 3.63. The van der Waals surface area contributed by atoms with Gasteiger partial charge in [-0.3, -0.25) is 0 Å². The summed E-state index contributed by atoms with van der Waals surface area (Å²) in [7, 11) is 0. The number of fused-ring (bicyclic) bond motifs is 1. The van der Waals surface area contributed by atoms with Gasteiger partial charge in [-0.2, -0.15) is 4.98 Å². The van der Waals surface area contributed by atoms with Crippen molar-refractivity contribution in [2.45, 2.75) is 25.8 Å². The number of hydrogen-bond donors (Lipinski definition) is 1. The molecule has 3 rings (SSSR count). The molecule has 0 saturated heterocycles. The summed E-state index contributed by atoms with van der Waals surface area (Å²) in [6, 6.07) is 4.13. The SMILES string of the molecule is CC(Nc1nc2ccc(Cl)cn2n1)C1CC1. The van der Waals surface area contributed by atoms with E-state index in [9.17, 15) is 0 Å². The number of pyridine rings is 1. The molecule has 1 saturated carbocycles. The molecule has 5 heteroatoms. The van der Waals surface area contributed by atoms with Gasteiger partial charge in [0.15, 0.2) is 5.65 Å². The predicted molar refractivity (Wildman–Crippen MR) is 63.8 cm³/mol. The van der Waals surface area contributed by atoms with Crippen molar-refractivity contribution >= 4 is 23.2 Å². The first-order valence-electron chi connectivity index (χ1n) is 5.51. The topological polar surface area (TPSA) is 42.2 Å². The number of rotatable bonds is 3. The summed E-state index contributed by atoms with van der Waals surface area (Å²) in [5.74, 6) is 1.47. The van der Waals surface area contributed by atoms with Gasteiger partial charge in [-0.1, -0.05) is 11.6 Å². The van der Waals surface area contributed by atoms with Crippen LogP contribution in [0.2, 0.25) is 5.02 Å². The summed E-state index contributed by atoms with van der Waals surface area (Å²) in [6.07, 6.45) is 4.39. The molecule has 2 aromatic heterocycles. The summed E-state index contributed by atoms with van der Waals surface area (Å²) in [6.45, 7) is 2.18. The number of hydrogen-bond acceptors (Lipinski definition) is 3. The Morgan fingerprint density at radius 2 is 2.31 bits per heavy atom. The van der Waals surface area contributed by atoms with Gasteiger partial charge in [0.1, 0.15) is 0 Å². The zero-order valence-corrected chi connectivity index (χ0v) is 9.78. The molecule has 0 radical (unpaired) electrons. The number of anilines is 1. The van der Waals surface area contributed by atoms with E-state index >= 15 is 0 Å². The largest absolute Gasteiger partial charge is 0.350 e. The Hall–Kier alpha value is -1.29. The van der Waals surface area contributed by atoms with Crippen molar-refractivity contribution in [3.63, 3.8) is 0 Å². The van der Waals surface area contributed by atoms with E-state index in [1.807, 2.05) is 12.1 Å². The molecule has 0 amide bonds. The predicted octanol–water partition coefficient (Wildman–Crippen LogP) is 2.59. The van der Waals surface area contributed by atoms with E-state index in [1.165, 1.54) is 12.8 Å². The third kappa shape index (κ3) is 1.85. The number of nitrogens with zero attached hydrogens (tertiary/aromatic N) is 3. The Kier molecular flexibility index (Phi) is 2.24. The Bertz CT molecular complexity index is 518. The molecule has 16 heavy (non-hydrogen) atoms. The minimum Gasteiger partial charge on any atom is -0.350 e. The maximum Gasteiger partial charge on any atom is 0.243 e. The van der Waals surface area contributed by atoms with E-state index in [4.69, 9.17) is 11.6 Å². The molecule has 1 aliphatic carbocycles. The van der Waals surface area contributed by atoms with Gasteiger partial charge < -0.3 is 5.32 Å². The normalized spacial score (nSPS) is 17.6. The third-order valence-electron chi connectivity index (χ3n) is 2.98. The van der Waals surface area contributed by atoms with Crippen molar-refractivity contribution in [2.24, 2.45) is 5.92 Å². The number of nitrogens with one attached hydrogen (secondary N) is 1. The average molecular weight is 237 g/mol. The highest BCUT2D eigenvalue weighted by Crippen LogP contribution is 2.33. The van der Waals surface area contributed by atoms with Gasteiger partial charge in [0, 0.05) is 12.2 Å². The lowest BCUT2D eigenvalue weighted by molar-refractivity contribution is 0.686. The summed E-state index contributed by atoms with van der Waals surface area (Å²) in [4.78, 5) is 4.39. The molecule has 84 valence electrons. The molecule has 1 N–H and O–H groups in total. The van der Waals surface area contributed by atoms with Crippen LogP contribution in [0.5, 0.6) is 0 Å². The van der Waals surface area contributed by atoms with Crippen LogP contribution >= 0.6 is 11.6 Å². The lowest BCUT2D eigenvalue weighted by atomic mass is 10.2. The van der Waals surface area contributed by atoms with Crippen molar-refractivity contribution in [3.8, 4) is 0 Å². The molecule has 1 fully saturated rings. The Morgan fingerprint density at radius 3 is 3.06 bits per heavy atom. The molecular weight excluding hydrogens is 224 g/mol. The highest BCUT2D eigenvalue weighted by atomic mass is 35.5. The van der Waals surface area contributed by atoms with Crippen molar-refractivity contribution in [2.75, 3.05) is 5.32 Å². The lowest BCUT2D eigenvalue weighted by Gasteiger charge is -2.09. The molecule has 1 atom stereocenters. The lowest BCUT2D eigenvalue weighted by Crippen LogP contribution is -2.18. The fourth-order valence-electron chi connectivity index (χ4n) is 1.84. The van der Waals surface area contributed by atoms with Crippen LogP contribution in [0.25, 0.3) is 5.65 Å². The molecular formula is C11H13ClN4. The van der Waals surface area contributed by atoms with Gasteiger partial charge >= 0.3 is 0 Å². The zero-order valence-electron chi connectivity index (χ0n) is 9.02. The van der Waals surface area contributed by atoms with Crippen LogP contribution in [-0.4, -0.2) is 20.6 Å². The molecule has 1 aliphatic rings. The standard InChI is InChI=1S/C11H13ClN4/c1-7(8-2-3-8)13-11-14-10-5-4-9(12)6-16(10)15-11/h4-8H,2-3H2,1H3,(H,13,15). The summed E-state index contributed by atoms with van der Waals surface area (Å²) < 4.78 is 1.70. The fourth-order valence-corrected chi connectivity index (χ4v) is 1.99.